The van der Waals surface area contributed by atoms with Gasteiger partial charge in [0.1, 0.15) is 0 Å². The molecule has 0 aromatic rings. The van der Waals surface area contributed by atoms with Gasteiger partial charge in [0.25, 0.3) is 0 Å². The van der Waals surface area contributed by atoms with Crippen molar-refractivity contribution in [2.24, 2.45) is 0 Å². The van der Waals surface area contributed by atoms with Crippen LogP contribution in [-0.4, -0.2) is 11.1 Å². The summed E-state index contributed by atoms with van der Waals surface area (Å²) in [5, 5.41) is 8.52. The van der Waals surface area contributed by atoms with Gasteiger partial charge in [-0.3, -0.25) is 4.79 Å². The molecule has 0 spiro atoms. The quantitative estimate of drug-likeness (QED) is 0.336. The molecule has 0 rings (SSSR count). The fraction of sp³-hybridized carbons (Fsp3) is 0.944. The summed E-state index contributed by atoms with van der Waals surface area (Å²) in [4.78, 5) is 10.3. The van der Waals surface area contributed by atoms with Gasteiger partial charge in [-0.05, 0) is 6.42 Å². The van der Waals surface area contributed by atoms with Crippen molar-refractivity contribution in [2.45, 2.75) is 110 Å². The summed E-state index contributed by atoms with van der Waals surface area (Å²) in [6, 6.07) is 0. The van der Waals surface area contributed by atoms with E-state index in [1.165, 1.54) is 83.5 Å². The molecule has 0 aromatic heterocycles. The van der Waals surface area contributed by atoms with Crippen molar-refractivity contribution in [3.63, 3.8) is 0 Å². The molecule has 0 heterocycles. The van der Waals surface area contributed by atoms with E-state index in [2.05, 4.69) is 6.92 Å². The summed E-state index contributed by atoms with van der Waals surface area (Å²) in [5.41, 5.74) is 0. The van der Waals surface area contributed by atoms with Crippen LogP contribution in [0.2, 0.25) is 0 Å². The van der Waals surface area contributed by atoms with Crippen molar-refractivity contribution in [2.75, 3.05) is 0 Å². The van der Waals surface area contributed by atoms with Crippen LogP contribution in [0.5, 0.6) is 0 Å². The molecule has 0 aromatic carbocycles. The Kier molecular flexibility index (Phi) is 29.4. The molecule has 0 unspecified atom stereocenters. The van der Waals surface area contributed by atoms with E-state index < -0.39 is 5.97 Å². The van der Waals surface area contributed by atoms with Crippen molar-refractivity contribution < 1.29 is 40.9 Å². The van der Waals surface area contributed by atoms with Gasteiger partial charge in [-0.1, -0.05) is 96.8 Å². The fourth-order valence-corrected chi connectivity index (χ4v) is 2.65. The molecule has 22 heavy (non-hydrogen) atoms. The second kappa shape index (κ2) is 23.7. The Morgan fingerprint density at radius 2 is 0.955 bits per heavy atom. The maximum atomic E-state index is 10.3. The molecule has 0 aliphatic carbocycles. The van der Waals surface area contributed by atoms with Gasteiger partial charge in [-0.15, -0.1) is 0 Å². The molecule has 4 heteroatoms. The number of rotatable bonds is 16. The second-order valence-electron chi connectivity index (χ2n) is 6.09. The van der Waals surface area contributed by atoms with E-state index in [4.69, 9.17) is 5.11 Å². The van der Waals surface area contributed by atoms with Crippen LogP contribution in [0.25, 0.3) is 0 Å². The van der Waals surface area contributed by atoms with Crippen LogP contribution in [0, 0.1) is 0 Å². The third-order valence-corrected chi connectivity index (χ3v) is 3.99. The second-order valence-corrected chi connectivity index (χ2v) is 6.09. The molecule has 0 aliphatic rings. The van der Waals surface area contributed by atoms with E-state index in [1.54, 1.807) is 0 Å². The van der Waals surface area contributed by atoms with Gasteiger partial charge in [-0.2, -0.15) is 0 Å². The van der Waals surface area contributed by atoms with Gasteiger partial charge in [0, 0.05) is 6.42 Å². The van der Waals surface area contributed by atoms with Gasteiger partial charge >= 0.3 is 35.5 Å². The van der Waals surface area contributed by atoms with E-state index in [0.29, 0.717) is 6.42 Å². The zero-order valence-corrected chi connectivity index (χ0v) is 17.4. The number of carboxylic acids is 1. The Morgan fingerprint density at radius 3 is 1.23 bits per heavy atom. The topological polar surface area (TPSA) is 72.3 Å². The number of hydrogen-bond donors (Lipinski definition) is 2. The van der Waals surface area contributed by atoms with Gasteiger partial charge in [0.15, 0.2) is 0 Å². The minimum atomic E-state index is -0.653. The molecule has 0 amide bonds. The minimum absolute atomic E-state index is 0. The predicted molar refractivity (Wildman–Crippen MR) is 93.3 cm³/mol. The summed E-state index contributed by atoms with van der Waals surface area (Å²) in [6.45, 7) is 2.27. The summed E-state index contributed by atoms with van der Waals surface area (Å²) in [6.07, 6.45) is 20.2. The SMILES string of the molecule is CCCCCCCCCCCCCCCCCC(=O)O.N.[H-].[Na+]. The van der Waals surface area contributed by atoms with Crippen LogP contribution in [0.1, 0.15) is 111 Å². The number of hydrogen-bond acceptors (Lipinski definition) is 2. The molecule has 130 valence electrons. The Bertz CT molecular complexity index is 219. The first-order valence-corrected chi connectivity index (χ1v) is 8.99. The Morgan fingerprint density at radius 1 is 0.682 bits per heavy atom. The Balaban J connectivity index is -0.000000602. The molecular formula is C18H40NNaO2. The van der Waals surface area contributed by atoms with Gasteiger partial charge in [0.2, 0.25) is 0 Å². The van der Waals surface area contributed by atoms with Crippen LogP contribution in [0.4, 0.5) is 0 Å². The first kappa shape index (κ1) is 27.3. The fourth-order valence-electron chi connectivity index (χ4n) is 2.65. The van der Waals surface area contributed by atoms with E-state index >= 15 is 0 Å². The van der Waals surface area contributed by atoms with Crippen molar-refractivity contribution in [3.8, 4) is 0 Å². The largest absolute Gasteiger partial charge is 1.00 e. The van der Waals surface area contributed by atoms with Crippen LogP contribution in [0.3, 0.4) is 0 Å². The van der Waals surface area contributed by atoms with E-state index in [0.717, 1.165) is 12.8 Å². The summed E-state index contributed by atoms with van der Waals surface area (Å²) < 4.78 is 0. The minimum Gasteiger partial charge on any atom is -1.00 e. The summed E-state index contributed by atoms with van der Waals surface area (Å²) >= 11 is 0. The van der Waals surface area contributed by atoms with E-state index in [1.807, 2.05) is 0 Å². The zero-order chi connectivity index (χ0) is 14.9. The van der Waals surface area contributed by atoms with Crippen molar-refractivity contribution in [3.05, 3.63) is 0 Å². The molecule has 0 atom stereocenters. The Labute approximate surface area is 162 Å². The number of carbonyl (C=O) groups is 1. The maximum Gasteiger partial charge on any atom is 1.00 e. The normalized spacial score (nSPS) is 9.86. The van der Waals surface area contributed by atoms with Crippen LogP contribution < -0.4 is 35.7 Å². The summed E-state index contributed by atoms with van der Waals surface area (Å²) in [7, 11) is 0. The van der Waals surface area contributed by atoms with Crippen molar-refractivity contribution >= 4 is 5.97 Å². The number of carboxylic acid groups (broad SMARTS) is 1. The van der Waals surface area contributed by atoms with Gasteiger partial charge < -0.3 is 12.7 Å². The molecule has 0 aliphatic heterocycles. The molecule has 0 radical (unpaired) electrons. The third-order valence-electron chi connectivity index (χ3n) is 3.99. The molecule has 4 N–H and O–H groups in total. The zero-order valence-electron chi connectivity index (χ0n) is 16.4. The van der Waals surface area contributed by atoms with E-state index in [-0.39, 0.29) is 37.1 Å². The predicted octanol–water partition coefficient (Wildman–Crippen LogP) is 3.61. The van der Waals surface area contributed by atoms with Gasteiger partial charge in [-0.25, -0.2) is 0 Å². The number of unbranched alkanes of at least 4 members (excludes halogenated alkanes) is 14. The molecule has 0 bridgehead atoms. The third kappa shape index (κ3) is 25.4. The molecule has 0 saturated heterocycles. The van der Waals surface area contributed by atoms with Crippen molar-refractivity contribution in [1.29, 1.82) is 0 Å². The monoisotopic (exact) mass is 325 g/mol. The standard InChI is InChI=1S/C18H36O2.H3N.Na.H/c1-2-3-4-5-6-7-8-9-10-11-12-13-14-15-16-17-18(19)20;;;/h2-17H2,1H3,(H,19,20);1H3;;/q;;+1;-1. The first-order valence-electron chi connectivity index (χ1n) is 8.99. The number of aliphatic carboxylic acids is 1. The smallest absolute Gasteiger partial charge is 1.00 e. The molecule has 0 saturated carbocycles. The van der Waals surface area contributed by atoms with E-state index in [9.17, 15) is 4.79 Å². The van der Waals surface area contributed by atoms with Crippen LogP contribution in [0.15, 0.2) is 0 Å². The first-order chi connectivity index (χ1) is 9.77. The van der Waals surface area contributed by atoms with Crippen molar-refractivity contribution in [1.82, 2.24) is 6.15 Å². The maximum absolute atomic E-state index is 10.3. The molecule has 0 fully saturated rings. The molecule has 3 nitrogen and oxygen atoms in total. The molecular weight excluding hydrogens is 285 g/mol. The van der Waals surface area contributed by atoms with Crippen LogP contribution in [-0.2, 0) is 4.79 Å². The average Bonchev–Trinajstić information content (AvgIpc) is 2.43. The van der Waals surface area contributed by atoms with Gasteiger partial charge in [0.05, 0.1) is 0 Å². The Hall–Kier alpha value is 0.430. The summed E-state index contributed by atoms with van der Waals surface area (Å²) in [5.74, 6) is -0.653. The average molecular weight is 326 g/mol. The van der Waals surface area contributed by atoms with Crippen LogP contribution >= 0.6 is 0 Å².